The van der Waals surface area contributed by atoms with Gasteiger partial charge >= 0.3 is 0 Å². The topological polar surface area (TPSA) is 35.6 Å². The van der Waals surface area contributed by atoms with Crippen molar-refractivity contribution in [2.75, 3.05) is 0 Å². The summed E-state index contributed by atoms with van der Waals surface area (Å²) >= 11 is 3.67. The molecule has 0 amide bonds. The minimum Gasteiger partial charge on any atom is -0.309 e. The first-order valence-corrected chi connectivity index (χ1v) is 22.5. The summed E-state index contributed by atoms with van der Waals surface area (Å²) in [5.74, 6) is 0.641. The van der Waals surface area contributed by atoms with Crippen LogP contribution in [0.15, 0.2) is 194 Å². The van der Waals surface area contributed by atoms with Crippen LogP contribution >= 0.6 is 22.7 Å². The van der Waals surface area contributed by atoms with Gasteiger partial charge in [-0.3, -0.25) is 4.57 Å². The smallest absolute Gasteiger partial charge is 0.235 e. The predicted molar refractivity (Wildman–Crippen MR) is 265 cm³/mol. The SMILES string of the molecule is c1ccc2cc(-n3c4ccccc4c4cc5c6ccccc6n(-c6nc(-c7ccc8sc9ccccc9c8c7)cc(-c7ccc8sc9ccccc9c8c7)n6)c5cc43)ccc2c1. The lowest BCUT2D eigenvalue weighted by Gasteiger charge is -2.13. The summed E-state index contributed by atoms with van der Waals surface area (Å²) in [7, 11) is 0. The second kappa shape index (κ2) is 12.9. The number of rotatable bonds is 4. The van der Waals surface area contributed by atoms with Crippen molar-refractivity contribution in [1.82, 2.24) is 19.1 Å². The Kier molecular flexibility index (Phi) is 7.11. The van der Waals surface area contributed by atoms with Crippen molar-refractivity contribution in [1.29, 1.82) is 0 Å². The standard InChI is InChI=1S/C56H32N4S2/c1-2-12-34-27-37(24-21-33(34)11-1)59-48-17-7-3-13-38(48)42-30-43-39-14-4-8-18-49(39)60(51(43)32-50(42)59)56-57-46(35-22-25-54-44(28-35)40-15-5-9-19-52(40)61-54)31-47(58-56)36-23-26-55-45(29-36)41-16-6-10-20-53(41)62-55/h1-32H. The monoisotopic (exact) mass is 824 g/mol. The van der Waals surface area contributed by atoms with Crippen molar-refractivity contribution < 1.29 is 0 Å². The van der Waals surface area contributed by atoms with E-state index >= 15 is 0 Å². The molecule has 62 heavy (non-hydrogen) atoms. The fourth-order valence-corrected chi connectivity index (χ4v) is 12.0. The summed E-state index contributed by atoms with van der Waals surface area (Å²) in [6.45, 7) is 0. The number of hydrogen-bond acceptors (Lipinski definition) is 4. The average Bonchev–Trinajstić information content (AvgIpc) is 4.07. The van der Waals surface area contributed by atoms with Crippen LogP contribution in [0.5, 0.6) is 0 Å². The normalized spacial score (nSPS) is 12.2. The van der Waals surface area contributed by atoms with Crippen molar-refractivity contribution in [3.8, 4) is 34.2 Å². The van der Waals surface area contributed by atoms with E-state index in [-0.39, 0.29) is 0 Å². The van der Waals surface area contributed by atoms with Gasteiger partial charge in [0, 0.05) is 78.7 Å². The first-order valence-electron chi connectivity index (χ1n) is 20.9. The highest BCUT2D eigenvalue weighted by atomic mass is 32.1. The van der Waals surface area contributed by atoms with Gasteiger partial charge in [-0.25, -0.2) is 9.97 Å². The molecule has 0 aliphatic carbocycles. The Morgan fingerprint density at radius 3 is 1.44 bits per heavy atom. The van der Waals surface area contributed by atoms with Gasteiger partial charge in [-0.15, -0.1) is 22.7 Å². The second-order valence-corrected chi connectivity index (χ2v) is 18.3. The van der Waals surface area contributed by atoms with Gasteiger partial charge in [0.05, 0.1) is 33.5 Å². The van der Waals surface area contributed by atoms with Crippen LogP contribution in [-0.4, -0.2) is 19.1 Å². The molecule has 0 spiro atoms. The Bertz CT molecular complexity index is 4050. The van der Waals surface area contributed by atoms with E-state index in [4.69, 9.17) is 9.97 Å². The molecule has 9 aromatic carbocycles. The van der Waals surface area contributed by atoms with Gasteiger partial charge in [-0.05, 0) is 89.6 Å². The molecule has 0 unspecified atom stereocenters. The highest BCUT2D eigenvalue weighted by Gasteiger charge is 2.21. The Labute approximate surface area is 362 Å². The van der Waals surface area contributed by atoms with E-state index in [0.29, 0.717) is 5.95 Å². The molecule has 0 radical (unpaired) electrons. The maximum atomic E-state index is 5.53. The summed E-state index contributed by atoms with van der Waals surface area (Å²) in [5, 5.41) is 12.3. The minimum absolute atomic E-state index is 0.641. The number of thiophene rings is 2. The van der Waals surface area contributed by atoms with Crippen molar-refractivity contribution in [3.63, 3.8) is 0 Å². The van der Waals surface area contributed by atoms with Gasteiger partial charge in [0.25, 0.3) is 0 Å². The molecule has 0 aliphatic heterocycles. The van der Waals surface area contributed by atoms with Gasteiger partial charge in [0.2, 0.25) is 5.95 Å². The summed E-state index contributed by atoms with van der Waals surface area (Å²) in [6.07, 6.45) is 0. The summed E-state index contributed by atoms with van der Waals surface area (Å²) < 4.78 is 9.83. The number of para-hydroxylation sites is 2. The van der Waals surface area contributed by atoms with Crippen molar-refractivity contribution in [3.05, 3.63) is 194 Å². The molecule has 5 aromatic heterocycles. The maximum absolute atomic E-state index is 5.53. The molecule has 0 saturated carbocycles. The zero-order valence-electron chi connectivity index (χ0n) is 33.1. The van der Waals surface area contributed by atoms with Crippen molar-refractivity contribution in [2.24, 2.45) is 0 Å². The van der Waals surface area contributed by atoms with Crippen molar-refractivity contribution in [2.45, 2.75) is 0 Å². The molecule has 0 atom stereocenters. The summed E-state index contributed by atoms with van der Waals surface area (Å²) in [6, 6.07) is 70.7. The van der Waals surface area contributed by atoms with E-state index in [0.717, 1.165) is 44.8 Å². The Morgan fingerprint density at radius 2 is 0.806 bits per heavy atom. The van der Waals surface area contributed by atoms with Gasteiger partial charge in [-0.2, -0.15) is 0 Å². The van der Waals surface area contributed by atoms with Gasteiger partial charge in [0.15, 0.2) is 0 Å². The third-order valence-electron chi connectivity index (χ3n) is 12.7. The molecule has 14 rings (SSSR count). The van der Waals surface area contributed by atoms with Crippen LogP contribution < -0.4 is 0 Å². The first-order chi connectivity index (χ1) is 30.7. The molecule has 0 saturated heterocycles. The van der Waals surface area contributed by atoms with Crippen LogP contribution in [0.25, 0.3) is 129 Å². The fraction of sp³-hybridized carbons (Fsp3) is 0. The molecule has 288 valence electrons. The summed E-state index contributed by atoms with van der Waals surface area (Å²) in [4.78, 5) is 11.1. The second-order valence-electron chi connectivity index (χ2n) is 16.2. The number of hydrogen-bond donors (Lipinski definition) is 0. The lowest BCUT2D eigenvalue weighted by Crippen LogP contribution is -2.04. The van der Waals surface area contributed by atoms with E-state index < -0.39 is 0 Å². The summed E-state index contributed by atoms with van der Waals surface area (Å²) in [5.41, 5.74) is 9.46. The molecular weight excluding hydrogens is 793 g/mol. The third kappa shape index (κ3) is 4.99. The van der Waals surface area contributed by atoms with Crippen molar-refractivity contribution >= 4 is 117 Å². The zero-order valence-corrected chi connectivity index (χ0v) is 34.7. The van der Waals surface area contributed by atoms with E-state index in [9.17, 15) is 0 Å². The van der Waals surface area contributed by atoms with Gasteiger partial charge < -0.3 is 4.57 Å². The van der Waals surface area contributed by atoms with E-state index in [1.54, 1.807) is 0 Å². The van der Waals surface area contributed by atoms with E-state index in [2.05, 4.69) is 203 Å². The molecule has 5 heterocycles. The van der Waals surface area contributed by atoms with E-state index in [1.807, 2.05) is 22.7 Å². The number of nitrogens with zero attached hydrogens (tertiary/aromatic N) is 4. The van der Waals surface area contributed by atoms with E-state index in [1.165, 1.54) is 78.2 Å². The van der Waals surface area contributed by atoms with Crippen LogP contribution in [0.3, 0.4) is 0 Å². The predicted octanol–water partition coefficient (Wildman–Crippen LogP) is 15.9. The molecule has 0 N–H and O–H groups in total. The van der Waals surface area contributed by atoms with Gasteiger partial charge in [-0.1, -0.05) is 115 Å². The molecule has 0 fully saturated rings. The Morgan fingerprint density at radius 1 is 0.306 bits per heavy atom. The Balaban J connectivity index is 1.06. The zero-order chi connectivity index (χ0) is 40.5. The van der Waals surface area contributed by atoms with Crippen LogP contribution in [-0.2, 0) is 0 Å². The average molecular weight is 825 g/mol. The molecule has 14 aromatic rings. The number of aromatic nitrogens is 4. The molecular formula is C56H32N4S2. The van der Waals surface area contributed by atoms with Crippen LogP contribution in [0.1, 0.15) is 0 Å². The lowest BCUT2D eigenvalue weighted by atomic mass is 10.0. The molecule has 6 heteroatoms. The highest BCUT2D eigenvalue weighted by Crippen LogP contribution is 2.42. The fourth-order valence-electron chi connectivity index (χ4n) is 9.84. The third-order valence-corrected chi connectivity index (χ3v) is 15.0. The Hall–Kier alpha value is -7.64. The number of fused-ring (bicyclic) bond motifs is 13. The lowest BCUT2D eigenvalue weighted by molar-refractivity contribution is 0.996. The minimum atomic E-state index is 0.641. The quantitative estimate of drug-likeness (QED) is 0.177. The van der Waals surface area contributed by atoms with Crippen LogP contribution in [0.2, 0.25) is 0 Å². The van der Waals surface area contributed by atoms with Crippen LogP contribution in [0, 0.1) is 0 Å². The molecule has 0 bridgehead atoms. The molecule has 4 nitrogen and oxygen atoms in total. The highest BCUT2D eigenvalue weighted by molar-refractivity contribution is 7.26. The maximum Gasteiger partial charge on any atom is 0.235 e. The first kappa shape index (κ1) is 34.1. The van der Waals surface area contributed by atoms with Gasteiger partial charge in [0.1, 0.15) is 0 Å². The number of benzene rings is 9. The largest absolute Gasteiger partial charge is 0.309 e. The molecule has 0 aliphatic rings. The van der Waals surface area contributed by atoms with Crippen LogP contribution in [0.4, 0.5) is 0 Å².